The van der Waals surface area contributed by atoms with Crippen molar-refractivity contribution < 1.29 is 14.7 Å². The van der Waals surface area contributed by atoms with Gasteiger partial charge in [-0.3, -0.25) is 9.59 Å². The van der Waals surface area contributed by atoms with E-state index in [-0.39, 0.29) is 33.6 Å². The molecule has 0 unspecified atom stereocenters. The summed E-state index contributed by atoms with van der Waals surface area (Å²) in [5.41, 5.74) is 1.71. The first-order chi connectivity index (χ1) is 20.4. The van der Waals surface area contributed by atoms with Gasteiger partial charge in [0.2, 0.25) is 11.2 Å². The summed E-state index contributed by atoms with van der Waals surface area (Å²) in [4.78, 5) is 44.2. The number of aromatic nitrogens is 3. The van der Waals surface area contributed by atoms with Crippen molar-refractivity contribution in [2.45, 2.75) is 58.0 Å². The molecular weight excluding hydrogens is 564 g/mol. The number of hydrogen-bond donors (Lipinski definition) is 2. The number of aromatic hydroxyl groups is 1. The number of hydrogen-bond acceptors (Lipinski definition) is 8. The van der Waals surface area contributed by atoms with Crippen molar-refractivity contribution in [1.82, 2.24) is 15.0 Å². The maximum Gasteiger partial charge on any atom is 0.265 e. The Bertz CT molecular complexity index is 1780. The number of rotatable bonds is 6. The maximum atomic E-state index is 13.7. The SMILES string of the molecule is C=CCNc1ccc2c3c(cccc13)C(=O)N(c1ccc(-c3nc(Cl)nc(N4C(C)(C)CCCC4(C)C)n3)c(O)c1)C2=O. The number of amides is 2. The third-order valence-electron chi connectivity index (χ3n) is 8.41. The van der Waals surface area contributed by atoms with E-state index in [4.69, 9.17) is 16.6 Å². The average Bonchev–Trinajstić information content (AvgIpc) is 2.93. The summed E-state index contributed by atoms with van der Waals surface area (Å²) >= 11 is 6.40. The second-order valence-electron chi connectivity index (χ2n) is 12.2. The van der Waals surface area contributed by atoms with E-state index < -0.39 is 11.8 Å². The number of halogens is 1. The Morgan fingerprint density at radius 3 is 2.30 bits per heavy atom. The second-order valence-corrected chi connectivity index (χ2v) is 12.6. The molecule has 0 saturated carbocycles. The van der Waals surface area contributed by atoms with E-state index in [1.54, 1.807) is 36.4 Å². The lowest BCUT2D eigenvalue weighted by atomic mass is 9.80. The standard InChI is InChI=1S/C33H33ClN6O3/c1-6-17-35-24-14-13-23-26-20(24)9-7-10-22(26)28(42)39(29(23)43)19-11-12-21(25(41)18-19)27-36-30(34)38-31(37-27)40-32(2,3)15-8-16-33(40,4)5/h6-7,9-14,18,35,41H,1,8,15-17H2,2-5H3. The molecule has 0 atom stereocenters. The predicted molar refractivity (Wildman–Crippen MR) is 170 cm³/mol. The van der Waals surface area contributed by atoms with Crippen LogP contribution in [0.3, 0.4) is 0 Å². The highest BCUT2D eigenvalue weighted by Gasteiger charge is 2.43. The number of carbonyl (C=O) groups is 2. The van der Waals surface area contributed by atoms with Crippen molar-refractivity contribution >= 4 is 51.5 Å². The fourth-order valence-corrected chi connectivity index (χ4v) is 6.77. The monoisotopic (exact) mass is 596 g/mol. The summed E-state index contributed by atoms with van der Waals surface area (Å²) in [6, 6.07) is 13.5. The van der Waals surface area contributed by atoms with Gasteiger partial charge in [0, 0.05) is 51.3 Å². The van der Waals surface area contributed by atoms with Gasteiger partial charge in [-0.15, -0.1) is 6.58 Å². The summed E-state index contributed by atoms with van der Waals surface area (Å²) in [6.45, 7) is 12.9. The van der Waals surface area contributed by atoms with Gasteiger partial charge in [-0.05, 0) is 88.9 Å². The number of piperidine rings is 1. The number of nitrogens with one attached hydrogen (secondary N) is 1. The normalized spacial score (nSPS) is 17.3. The van der Waals surface area contributed by atoms with Crippen LogP contribution < -0.4 is 15.1 Å². The number of phenolic OH excluding ortho intramolecular Hbond substituents is 1. The molecule has 0 radical (unpaired) electrons. The predicted octanol–water partition coefficient (Wildman–Crippen LogP) is 7.00. The highest BCUT2D eigenvalue weighted by atomic mass is 35.5. The smallest absolute Gasteiger partial charge is 0.265 e. The van der Waals surface area contributed by atoms with Gasteiger partial charge in [-0.25, -0.2) is 4.90 Å². The van der Waals surface area contributed by atoms with E-state index in [0.717, 1.165) is 35.2 Å². The largest absolute Gasteiger partial charge is 0.507 e. The van der Waals surface area contributed by atoms with Gasteiger partial charge in [0.05, 0.1) is 11.3 Å². The first kappa shape index (κ1) is 28.6. The molecule has 9 nitrogen and oxygen atoms in total. The van der Waals surface area contributed by atoms with Gasteiger partial charge in [-0.2, -0.15) is 15.0 Å². The number of imide groups is 1. The minimum Gasteiger partial charge on any atom is -0.507 e. The molecule has 220 valence electrons. The zero-order valence-corrected chi connectivity index (χ0v) is 25.4. The van der Waals surface area contributed by atoms with Crippen LogP contribution in [0.15, 0.2) is 61.2 Å². The molecule has 2 N–H and O–H groups in total. The summed E-state index contributed by atoms with van der Waals surface area (Å²) in [7, 11) is 0. The van der Waals surface area contributed by atoms with Crippen molar-refractivity contribution in [3.05, 3.63) is 77.6 Å². The molecule has 1 fully saturated rings. The zero-order valence-electron chi connectivity index (χ0n) is 24.6. The first-order valence-electron chi connectivity index (χ1n) is 14.3. The molecule has 10 heteroatoms. The van der Waals surface area contributed by atoms with Crippen molar-refractivity contribution in [3.63, 3.8) is 0 Å². The molecule has 3 aromatic carbocycles. The van der Waals surface area contributed by atoms with Crippen molar-refractivity contribution in [3.8, 4) is 17.1 Å². The van der Waals surface area contributed by atoms with Gasteiger partial charge in [-0.1, -0.05) is 18.2 Å². The molecular formula is C33H33ClN6O3. The Labute approximate surface area is 255 Å². The lowest BCUT2D eigenvalue weighted by molar-refractivity contribution is 0.0893. The lowest BCUT2D eigenvalue weighted by Gasteiger charge is -2.52. The molecule has 2 aliphatic heterocycles. The molecule has 3 heterocycles. The van der Waals surface area contributed by atoms with Crippen LogP contribution >= 0.6 is 11.6 Å². The van der Waals surface area contributed by atoms with Crippen molar-refractivity contribution in [2.24, 2.45) is 0 Å². The second kappa shape index (κ2) is 10.3. The van der Waals surface area contributed by atoms with E-state index in [2.05, 4.69) is 54.5 Å². The van der Waals surface area contributed by atoms with Gasteiger partial charge >= 0.3 is 0 Å². The number of anilines is 3. The van der Waals surface area contributed by atoms with Crippen LogP contribution in [0.2, 0.25) is 5.28 Å². The quantitative estimate of drug-likeness (QED) is 0.181. The number of phenols is 1. The van der Waals surface area contributed by atoms with Crippen molar-refractivity contribution in [1.29, 1.82) is 0 Å². The van der Waals surface area contributed by atoms with Gasteiger partial charge in [0.25, 0.3) is 11.8 Å². The van der Waals surface area contributed by atoms with E-state index in [1.165, 1.54) is 6.07 Å². The van der Waals surface area contributed by atoms with Crippen molar-refractivity contribution in [2.75, 3.05) is 21.7 Å². The minimum absolute atomic E-state index is 0.00804. The number of benzene rings is 3. The molecule has 0 bridgehead atoms. The number of nitrogens with zero attached hydrogens (tertiary/aromatic N) is 5. The first-order valence-corrected chi connectivity index (χ1v) is 14.7. The van der Waals surface area contributed by atoms with Gasteiger partial charge in [0.15, 0.2) is 5.82 Å². The third kappa shape index (κ3) is 4.77. The topological polar surface area (TPSA) is 112 Å². The van der Waals surface area contributed by atoms with Crippen LogP contribution in [0.5, 0.6) is 5.75 Å². The molecule has 0 spiro atoms. The van der Waals surface area contributed by atoms with Crippen LogP contribution in [-0.2, 0) is 0 Å². The molecule has 6 rings (SSSR count). The molecule has 1 saturated heterocycles. The van der Waals surface area contributed by atoms with E-state index >= 15 is 0 Å². The van der Waals surface area contributed by atoms with Crippen LogP contribution in [0.25, 0.3) is 22.2 Å². The van der Waals surface area contributed by atoms with Crippen LogP contribution in [0, 0.1) is 0 Å². The molecule has 1 aromatic heterocycles. The van der Waals surface area contributed by atoms with E-state index in [1.807, 2.05) is 12.1 Å². The fourth-order valence-electron chi connectivity index (χ4n) is 6.61. The molecule has 2 amide bonds. The highest BCUT2D eigenvalue weighted by molar-refractivity contribution is 6.36. The Morgan fingerprint density at radius 1 is 0.953 bits per heavy atom. The number of carbonyl (C=O) groups excluding carboxylic acids is 2. The minimum atomic E-state index is -0.476. The Kier molecular flexibility index (Phi) is 6.88. The Morgan fingerprint density at radius 2 is 1.63 bits per heavy atom. The van der Waals surface area contributed by atoms with Crippen LogP contribution in [0.4, 0.5) is 17.3 Å². The fraction of sp³-hybridized carbons (Fsp3) is 0.303. The lowest BCUT2D eigenvalue weighted by Crippen LogP contribution is -2.59. The summed E-state index contributed by atoms with van der Waals surface area (Å²) in [5.74, 6) is -0.521. The van der Waals surface area contributed by atoms with Gasteiger partial charge in [0.1, 0.15) is 5.75 Å². The zero-order chi connectivity index (χ0) is 30.7. The van der Waals surface area contributed by atoms with Crippen LogP contribution in [0.1, 0.15) is 67.7 Å². The highest BCUT2D eigenvalue weighted by Crippen LogP contribution is 2.42. The van der Waals surface area contributed by atoms with Crippen LogP contribution in [-0.4, -0.2) is 49.5 Å². The molecule has 2 aliphatic rings. The Balaban J connectivity index is 1.38. The maximum absolute atomic E-state index is 13.7. The summed E-state index contributed by atoms with van der Waals surface area (Å²) in [5, 5.41) is 15.8. The molecule has 43 heavy (non-hydrogen) atoms. The van der Waals surface area contributed by atoms with E-state index in [9.17, 15) is 14.7 Å². The molecule has 0 aliphatic carbocycles. The Hall–Kier alpha value is -4.50. The third-order valence-corrected chi connectivity index (χ3v) is 8.58. The van der Waals surface area contributed by atoms with Gasteiger partial charge < -0.3 is 15.3 Å². The summed E-state index contributed by atoms with van der Waals surface area (Å²) < 4.78 is 0. The molecule has 4 aromatic rings. The van der Waals surface area contributed by atoms with E-state index in [0.29, 0.717) is 34.6 Å². The average molecular weight is 597 g/mol. The summed E-state index contributed by atoms with van der Waals surface area (Å²) in [6.07, 6.45) is 4.77.